The molecule has 13 heteroatoms. The van der Waals surface area contributed by atoms with Crippen molar-refractivity contribution in [2.75, 3.05) is 13.2 Å². The predicted octanol–water partition coefficient (Wildman–Crippen LogP) is 6.50. The highest BCUT2D eigenvalue weighted by Gasteiger charge is 2.49. The SMILES string of the molecule is CCCCCOc1cc(F)c(-c2c(OS(=O)(=O)C(F)(F)F)cc(OCCC)c(F)c2F)cc1F. The summed E-state index contributed by atoms with van der Waals surface area (Å²) in [4.78, 5) is 0. The monoisotopic (exact) mass is 518 g/mol. The van der Waals surface area contributed by atoms with E-state index in [0.29, 0.717) is 24.6 Å². The Balaban J connectivity index is 2.65. The van der Waals surface area contributed by atoms with E-state index in [1.807, 2.05) is 6.92 Å². The number of ether oxygens (including phenoxy) is 2. The molecule has 0 atom stereocenters. The van der Waals surface area contributed by atoms with Gasteiger partial charge in [0, 0.05) is 17.7 Å². The van der Waals surface area contributed by atoms with Gasteiger partial charge in [-0.2, -0.15) is 26.0 Å². The number of unbranched alkanes of at least 4 members (excludes halogenated alkanes) is 2. The highest BCUT2D eigenvalue weighted by atomic mass is 32.2. The lowest BCUT2D eigenvalue weighted by Crippen LogP contribution is -2.28. The highest BCUT2D eigenvalue weighted by molar-refractivity contribution is 7.88. The summed E-state index contributed by atoms with van der Waals surface area (Å²) >= 11 is 0. The van der Waals surface area contributed by atoms with Crippen molar-refractivity contribution in [1.82, 2.24) is 0 Å². The van der Waals surface area contributed by atoms with Gasteiger partial charge in [0.05, 0.1) is 18.8 Å². The van der Waals surface area contributed by atoms with Crippen LogP contribution in [0.5, 0.6) is 17.2 Å². The normalized spacial score (nSPS) is 12.0. The van der Waals surface area contributed by atoms with Gasteiger partial charge in [-0.1, -0.05) is 26.7 Å². The van der Waals surface area contributed by atoms with Crippen LogP contribution in [0.3, 0.4) is 0 Å². The van der Waals surface area contributed by atoms with Crippen molar-refractivity contribution in [1.29, 1.82) is 0 Å². The number of rotatable bonds is 11. The van der Waals surface area contributed by atoms with Crippen molar-refractivity contribution in [3.05, 3.63) is 41.5 Å². The van der Waals surface area contributed by atoms with E-state index in [-0.39, 0.29) is 19.6 Å². The summed E-state index contributed by atoms with van der Waals surface area (Å²) in [7, 11) is -6.38. The smallest absolute Gasteiger partial charge is 0.490 e. The number of halogens is 7. The number of benzene rings is 2. The van der Waals surface area contributed by atoms with Gasteiger partial charge in [0.1, 0.15) is 5.82 Å². The van der Waals surface area contributed by atoms with E-state index in [2.05, 4.69) is 4.18 Å². The molecule has 0 heterocycles. The van der Waals surface area contributed by atoms with Crippen LogP contribution < -0.4 is 13.7 Å². The van der Waals surface area contributed by atoms with Crippen LogP contribution in [0.15, 0.2) is 18.2 Å². The summed E-state index contributed by atoms with van der Waals surface area (Å²) in [6, 6.07) is 1.14. The first-order valence-corrected chi connectivity index (χ1v) is 11.5. The van der Waals surface area contributed by atoms with Crippen LogP contribution in [0.1, 0.15) is 39.5 Å². The standard InChI is InChI=1S/C21H21F7O5S/c1-3-5-6-8-32-15-10-13(22)12(9-14(15)23)18-16(33-34(29,30)21(26,27)28)11-17(31-7-4-2)19(24)20(18)25/h9-11H,3-8H2,1-2H3. The Kier molecular flexibility index (Phi) is 9.03. The number of hydrogen-bond donors (Lipinski definition) is 0. The Morgan fingerprint density at radius 2 is 1.41 bits per heavy atom. The zero-order valence-corrected chi connectivity index (χ0v) is 18.9. The van der Waals surface area contributed by atoms with E-state index >= 15 is 0 Å². The predicted molar refractivity (Wildman–Crippen MR) is 108 cm³/mol. The van der Waals surface area contributed by atoms with Crippen molar-refractivity contribution in [3.8, 4) is 28.4 Å². The average Bonchev–Trinajstić information content (AvgIpc) is 2.74. The van der Waals surface area contributed by atoms with Gasteiger partial charge in [-0.3, -0.25) is 0 Å². The van der Waals surface area contributed by atoms with Crippen molar-refractivity contribution in [2.45, 2.75) is 45.0 Å². The minimum atomic E-state index is -6.38. The molecule has 0 radical (unpaired) electrons. The van der Waals surface area contributed by atoms with E-state index in [1.54, 1.807) is 6.92 Å². The summed E-state index contributed by atoms with van der Waals surface area (Å²) in [5.74, 6) is -9.45. The lowest BCUT2D eigenvalue weighted by Gasteiger charge is -2.17. The topological polar surface area (TPSA) is 61.8 Å². The van der Waals surface area contributed by atoms with Gasteiger partial charge in [-0.05, 0) is 18.9 Å². The fourth-order valence-electron chi connectivity index (χ4n) is 2.74. The van der Waals surface area contributed by atoms with Crippen LogP contribution in [-0.2, 0) is 10.1 Å². The molecule has 34 heavy (non-hydrogen) atoms. The Morgan fingerprint density at radius 3 is 2.00 bits per heavy atom. The molecule has 2 rings (SSSR count). The third-order valence-corrected chi connectivity index (χ3v) is 5.34. The lowest BCUT2D eigenvalue weighted by atomic mass is 10.0. The van der Waals surface area contributed by atoms with E-state index in [4.69, 9.17) is 9.47 Å². The fraction of sp³-hybridized carbons (Fsp3) is 0.429. The minimum absolute atomic E-state index is 0.0220. The fourth-order valence-corrected chi connectivity index (χ4v) is 3.21. The van der Waals surface area contributed by atoms with Crippen LogP contribution in [0.2, 0.25) is 0 Å². The second kappa shape index (κ2) is 11.2. The quantitative estimate of drug-likeness (QED) is 0.147. The molecule has 0 aromatic heterocycles. The minimum Gasteiger partial charge on any atom is -0.490 e. The largest absolute Gasteiger partial charge is 0.534 e. The molecule has 190 valence electrons. The Morgan fingerprint density at radius 1 is 0.765 bits per heavy atom. The maximum Gasteiger partial charge on any atom is 0.534 e. The molecule has 0 amide bonds. The molecule has 2 aromatic rings. The zero-order chi connectivity index (χ0) is 25.7. The summed E-state index contributed by atoms with van der Waals surface area (Å²) < 4.78 is 134. The first kappa shape index (κ1) is 27.5. The van der Waals surface area contributed by atoms with Gasteiger partial charge in [0.25, 0.3) is 0 Å². The zero-order valence-electron chi connectivity index (χ0n) is 18.1. The van der Waals surface area contributed by atoms with Crippen LogP contribution in [-0.4, -0.2) is 27.1 Å². The first-order chi connectivity index (χ1) is 15.8. The molecule has 0 aliphatic rings. The van der Waals surface area contributed by atoms with Gasteiger partial charge in [-0.25, -0.2) is 13.2 Å². The van der Waals surface area contributed by atoms with Crippen molar-refractivity contribution in [2.24, 2.45) is 0 Å². The second-order valence-corrected chi connectivity index (χ2v) is 8.56. The molecule has 5 nitrogen and oxygen atoms in total. The summed E-state index contributed by atoms with van der Waals surface area (Å²) in [6.45, 7) is 3.29. The molecule has 0 fully saturated rings. The molecule has 0 saturated carbocycles. The first-order valence-electron chi connectivity index (χ1n) is 10.1. The Bertz CT molecular complexity index is 1120. The molecule has 2 aromatic carbocycles. The molecule has 0 bridgehead atoms. The van der Waals surface area contributed by atoms with Gasteiger partial charge >= 0.3 is 15.6 Å². The van der Waals surface area contributed by atoms with E-state index in [0.717, 1.165) is 12.8 Å². The molecular weight excluding hydrogens is 497 g/mol. The van der Waals surface area contributed by atoms with Crippen LogP contribution >= 0.6 is 0 Å². The van der Waals surface area contributed by atoms with E-state index in [1.165, 1.54) is 0 Å². The average molecular weight is 518 g/mol. The molecule has 0 aliphatic carbocycles. The van der Waals surface area contributed by atoms with Crippen molar-refractivity contribution in [3.63, 3.8) is 0 Å². The summed E-state index contributed by atoms with van der Waals surface area (Å²) in [5.41, 5.74) is -8.42. The van der Waals surface area contributed by atoms with E-state index in [9.17, 15) is 39.2 Å². The van der Waals surface area contributed by atoms with Gasteiger partial charge < -0.3 is 13.7 Å². The van der Waals surface area contributed by atoms with Gasteiger partial charge in [0.15, 0.2) is 28.9 Å². The maximum atomic E-state index is 14.9. The van der Waals surface area contributed by atoms with Crippen molar-refractivity contribution < 1.29 is 52.8 Å². The maximum absolute atomic E-state index is 14.9. The summed E-state index contributed by atoms with van der Waals surface area (Å²) in [5, 5.41) is 0. The van der Waals surface area contributed by atoms with Crippen molar-refractivity contribution >= 4 is 10.1 Å². The lowest BCUT2D eigenvalue weighted by molar-refractivity contribution is -0.0500. The third kappa shape index (κ3) is 6.24. The van der Waals surface area contributed by atoms with Gasteiger partial charge in [-0.15, -0.1) is 0 Å². The second-order valence-electron chi connectivity index (χ2n) is 7.03. The van der Waals surface area contributed by atoms with Crippen LogP contribution in [0, 0.1) is 23.3 Å². The molecular formula is C21H21F7O5S. The molecule has 0 unspecified atom stereocenters. The Hall–Kier alpha value is -2.70. The van der Waals surface area contributed by atoms with Crippen LogP contribution in [0.4, 0.5) is 30.7 Å². The third-order valence-electron chi connectivity index (χ3n) is 4.38. The Labute approximate surface area is 191 Å². The van der Waals surface area contributed by atoms with Gasteiger partial charge in [0.2, 0.25) is 5.82 Å². The molecule has 0 saturated heterocycles. The molecule has 0 aliphatic heterocycles. The highest BCUT2D eigenvalue weighted by Crippen LogP contribution is 2.43. The molecule has 0 N–H and O–H groups in total. The summed E-state index contributed by atoms with van der Waals surface area (Å²) in [6.07, 6.45) is 2.37. The van der Waals surface area contributed by atoms with Crippen LogP contribution in [0.25, 0.3) is 11.1 Å². The molecule has 0 spiro atoms. The number of alkyl halides is 3. The number of hydrogen-bond acceptors (Lipinski definition) is 5. The van der Waals surface area contributed by atoms with E-state index < -0.39 is 67.3 Å².